The first-order valence-electron chi connectivity index (χ1n) is 6.63. The van der Waals surface area contributed by atoms with Gasteiger partial charge in [0, 0.05) is 17.8 Å². The number of aromatic nitrogens is 1. The van der Waals surface area contributed by atoms with Gasteiger partial charge in [-0.1, -0.05) is 0 Å². The van der Waals surface area contributed by atoms with Crippen LogP contribution in [-0.2, 0) is 11.0 Å². The molecule has 1 heterocycles. The summed E-state index contributed by atoms with van der Waals surface area (Å²) in [7, 11) is 0. The SMILES string of the molecule is CCONC(=O)c1ccc(Oc2ccc(C(F)(F)F)cn2)cc1. The minimum absolute atomic E-state index is 0.0181. The fourth-order valence-corrected chi connectivity index (χ4v) is 1.60. The number of hydroxylamine groups is 1. The molecule has 8 heteroatoms. The van der Waals surface area contributed by atoms with Crippen LogP contribution in [0.25, 0.3) is 0 Å². The Kier molecular flexibility index (Phi) is 5.17. The number of nitrogens with one attached hydrogen (secondary N) is 1. The summed E-state index contributed by atoms with van der Waals surface area (Å²) in [5.74, 6) is -0.0548. The topological polar surface area (TPSA) is 60.5 Å². The molecule has 0 bridgehead atoms. The fourth-order valence-electron chi connectivity index (χ4n) is 1.60. The highest BCUT2D eigenvalue weighted by Gasteiger charge is 2.30. The molecule has 2 rings (SSSR count). The standard InChI is InChI=1S/C15H13F3N2O3/c1-2-22-20-14(21)10-3-6-12(7-4-10)23-13-8-5-11(9-19-13)15(16,17)18/h3-9H,2H2,1H3,(H,20,21). The average Bonchev–Trinajstić information content (AvgIpc) is 2.53. The number of hydrogen-bond acceptors (Lipinski definition) is 4. The number of halogens is 3. The van der Waals surface area contributed by atoms with Crippen molar-refractivity contribution in [1.29, 1.82) is 0 Å². The molecule has 5 nitrogen and oxygen atoms in total. The number of pyridine rings is 1. The van der Waals surface area contributed by atoms with Gasteiger partial charge >= 0.3 is 6.18 Å². The molecule has 1 aromatic carbocycles. The Morgan fingerprint density at radius 1 is 1.17 bits per heavy atom. The largest absolute Gasteiger partial charge is 0.439 e. The molecule has 0 saturated heterocycles. The maximum absolute atomic E-state index is 12.4. The maximum atomic E-state index is 12.4. The van der Waals surface area contributed by atoms with Gasteiger partial charge in [-0.2, -0.15) is 13.2 Å². The predicted molar refractivity (Wildman–Crippen MR) is 74.8 cm³/mol. The molecule has 0 atom stereocenters. The van der Waals surface area contributed by atoms with E-state index in [0.717, 1.165) is 12.1 Å². The van der Waals surface area contributed by atoms with Gasteiger partial charge in [0.05, 0.1) is 12.2 Å². The Morgan fingerprint density at radius 2 is 1.87 bits per heavy atom. The molecule has 23 heavy (non-hydrogen) atoms. The van der Waals surface area contributed by atoms with Gasteiger partial charge in [-0.25, -0.2) is 10.5 Å². The number of carbonyl (C=O) groups excluding carboxylic acids is 1. The number of carbonyl (C=O) groups is 1. The molecule has 0 aliphatic rings. The molecular formula is C15H13F3N2O3. The molecule has 1 N–H and O–H groups in total. The maximum Gasteiger partial charge on any atom is 0.417 e. The number of alkyl halides is 3. The molecule has 1 aromatic heterocycles. The van der Waals surface area contributed by atoms with Gasteiger partial charge in [0.1, 0.15) is 5.75 Å². The molecule has 0 fully saturated rings. The van der Waals surface area contributed by atoms with Crippen LogP contribution in [0.1, 0.15) is 22.8 Å². The lowest BCUT2D eigenvalue weighted by Crippen LogP contribution is -2.23. The molecule has 2 aromatic rings. The fraction of sp³-hybridized carbons (Fsp3) is 0.200. The zero-order chi connectivity index (χ0) is 16.9. The lowest BCUT2D eigenvalue weighted by Gasteiger charge is -2.08. The van der Waals surface area contributed by atoms with Crippen LogP contribution in [-0.4, -0.2) is 17.5 Å². The van der Waals surface area contributed by atoms with E-state index in [1.807, 2.05) is 0 Å². The Hall–Kier alpha value is -2.61. The van der Waals surface area contributed by atoms with E-state index in [9.17, 15) is 18.0 Å². The quantitative estimate of drug-likeness (QED) is 0.853. The van der Waals surface area contributed by atoms with Crippen LogP contribution in [0.5, 0.6) is 11.6 Å². The summed E-state index contributed by atoms with van der Waals surface area (Å²) >= 11 is 0. The van der Waals surface area contributed by atoms with Gasteiger partial charge < -0.3 is 4.74 Å². The first-order valence-corrected chi connectivity index (χ1v) is 6.63. The van der Waals surface area contributed by atoms with Crippen LogP contribution in [0.15, 0.2) is 42.6 Å². The molecule has 0 aliphatic heterocycles. The summed E-state index contributed by atoms with van der Waals surface area (Å²) in [6, 6.07) is 7.99. The molecule has 1 amide bonds. The van der Waals surface area contributed by atoms with Gasteiger partial charge in [0.25, 0.3) is 5.91 Å². The second-order valence-electron chi connectivity index (χ2n) is 4.37. The predicted octanol–water partition coefficient (Wildman–Crippen LogP) is 3.57. The van der Waals surface area contributed by atoms with Gasteiger partial charge in [0.15, 0.2) is 0 Å². The third-order valence-corrected chi connectivity index (χ3v) is 2.71. The summed E-state index contributed by atoms with van der Waals surface area (Å²) in [5.41, 5.74) is 1.74. The lowest BCUT2D eigenvalue weighted by molar-refractivity contribution is -0.137. The van der Waals surface area contributed by atoms with Crippen LogP contribution in [0.3, 0.4) is 0 Å². The number of hydrogen-bond donors (Lipinski definition) is 1. The number of nitrogens with zero attached hydrogens (tertiary/aromatic N) is 1. The van der Waals surface area contributed by atoms with Crippen LogP contribution < -0.4 is 10.2 Å². The summed E-state index contributed by atoms with van der Waals surface area (Å²) < 4.78 is 42.6. The summed E-state index contributed by atoms with van der Waals surface area (Å²) in [6.07, 6.45) is -3.75. The second-order valence-corrected chi connectivity index (χ2v) is 4.37. The molecular weight excluding hydrogens is 313 g/mol. The van der Waals surface area contributed by atoms with E-state index >= 15 is 0 Å². The van der Waals surface area contributed by atoms with Gasteiger partial charge in [0.2, 0.25) is 5.88 Å². The molecule has 0 radical (unpaired) electrons. The first kappa shape index (κ1) is 16.8. The molecule has 0 spiro atoms. The molecule has 122 valence electrons. The molecule has 0 aliphatic carbocycles. The minimum atomic E-state index is -4.44. The van der Waals surface area contributed by atoms with Crippen molar-refractivity contribution in [2.24, 2.45) is 0 Å². The van der Waals surface area contributed by atoms with E-state index in [4.69, 9.17) is 9.57 Å². The highest BCUT2D eigenvalue weighted by molar-refractivity contribution is 5.93. The van der Waals surface area contributed by atoms with Crippen molar-refractivity contribution in [2.75, 3.05) is 6.61 Å². The summed E-state index contributed by atoms with van der Waals surface area (Å²) in [4.78, 5) is 20.0. The number of benzene rings is 1. The van der Waals surface area contributed by atoms with E-state index in [1.165, 1.54) is 24.3 Å². The van der Waals surface area contributed by atoms with Crippen molar-refractivity contribution in [3.63, 3.8) is 0 Å². The smallest absolute Gasteiger partial charge is 0.417 e. The molecule has 0 saturated carbocycles. The summed E-state index contributed by atoms with van der Waals surface area (Å²) in [6.45, 7) is 2.07. The Morgan fingerprint density at radius 3 is 2.39 bits per heavy atom. The van der Waals surface area contributed by atoms with Crippen LogP contribution in [0, 0.1) is 0 Å². The average molecular weight is 326 g/mol. The minimum Gasteiger partial charge on any atom is -0.439 e. The van der Waals surface area contributed by atoms with Crippen LogP contribution in [0.4, 0.5) is 13.2 Å². The Balaban J connectivity index is 2.02. The van der Waals surface area contributed by atoms with Crippen molar-refractivity contribution >= 4 is 5.91 Å². The van der Waals surface area contributed by atoms with E-state index in [0.29, 0.717) is 24.1 Å². The van der Waals surface area contributed by atoms with Crippen LogP contribution >= 0.6 is 0 Å². The van der Waals surface area contributed by atoms with E-state index in [1.54, 1.807) is 6.92 Å². The highest BCUT2D eigenvalue weighted by Crippen LogP contribution is 2.30. The van der Waals surface area contributed by atoms with Crippen molar-refractivity contribution in [3.8, 4) is 11.6 Å². The van der Waals surface area contributed by atoms with Crippen molar-refractivity contribution in [1.82, 2.24) is 10.5 Å². The van der Waals surface area contributed by atoms with Gasteiger partial charge in [-0.15, -0.1) is 0 Å². The van der Waals surface area contributed by atoms with Gasteiger partial charge in [-0.3, -0.25) is 9.63 Å². The Bertz CT molecular complexity index is 655. The lowest BCUT2D eigenvalue weighted by atomic mass is 10.2. The molecule has 0 unspecified atom stereocenters. The van der Waals surface area contributed by atoms with Crippen molar-refractivity contribution in [2.45, 2.75) is 13.1 Å². The third kappa shape index (κ3) is 4.68. The van der Waals surface area contributed by atoms with Gasteiger partial charge in [-0.05, 0) is 37.3 Å². The van der Waals surface area contributed by atoms with E-state index < -0.39 is 17.6 Å². The van der Waals surface area contributed by atoms with Crippen molar-refractivity contribution in [3.05, 3.63) is 53.7 Å². The normalized spacial score (nSPS) is 11.1. The number of ether oxygens (including phenoxy) is 1. The summed E-state index contributed by atoms with van der Waals surface area (Å²) in [5, 5.41) is 0. The monoisotopic (exact) mass is 326 g/mol. The number of amides is 1. The van der Waals surface area contributed by atoms with Crippen LogP contribution in [0.2, 0.25) is 0 Å². The zero-order valence-corrected chi connectivity index (χ0v) is 12.1. The second kappa shape index (κ2) is 7.10. The number of rotatable bonds is 5. The highest BCUT2D eigenvalue weighted by atomic mass is 19.4. The van der Waals surface area contributed by atoms with E-state index in [2.05, 4.69) is 10.5 Å². The third-order valence-electron chi connectivity index (χ3n) is 2.71. The van der Waals surface area contributed by atoms with Crippen molar-refractivity contribution < 1.29 is 27.5 Å². The van der Waals surface area contributed by atoms with E-state index in [-0.39, 0.29) is 5.88 Å². The zero-order valence-electron chi connectivity index (χ0n) is 12.1. The first-order chi connectivity index (χ1) is 10.9. The Labute approximate surface area is 130 Å².